The molecule has 0 spiro atoms. The highest BCUT2D eigenvalue weighted by molar-refractivity contribution is 8.00. The number of hydrogen-bond acceptors (Lipinski definition) is 18. The number of rotatable bonds is 36. The van der Waals surface area contributed by atoms with E-state index in [1.165, 1.54) is 28.2 Å². The fourth-order valence-corrected chi connectivity index (χ4v) is 11.9. The molecule has 0 radical (unpaired) electrons. The number of nitrogens with one attached hydrogen (secondary N) is 4. The van der Waals surface area contributed by atoms with Gasteiger partial charge in [0.15, 0.2) is 0 Å². The summed E-state index contributed by atoms with van der Waals surface area (Å²) in [6.07, 6.45) is 2.85. The van der Waals surface area contributed by atoms with Crippen molar-refractivity contribution in [3.63, 3.8) is 0 Å². The van der Waals surface area contributed by atoms with Crippen LogP contribution in [-0.2, 0) is 73.5 Å². The Morgan fingerprint density at radius 3 is 2.21 bits per heavy atom. The van der Waals surface area contributed by atoms with Gasteiger partial charge in [-0.1, -0.05) is 41.0 Å². The van der Waals surface area contributed by atoms with Crippen LogP contribution in [-0.4, -0.2) is 203 Å². The molecule has 10 amide bonds. The number of carbonyl (C=O) groups excluding carboxylic acids is 10. The van der Waals surface area contributed by atoms with Crippen molar-refractivity contribution in [2.24, 2.45) is 29.4 Å². The number of nitrogens with two attached hydrogens (primary N) is 2. The van der Waals surface area contributed by atoms with Crippen molar-refractivity contribution in [3.8, 4) is 0 Å². The second kappa shape index (κ2) is 33.1. The van der Waals surface area contributed by atoms with E-state index in [1.54, 1.807) is 53.1 Å². The van der Waals surface area contributed by atoms with E-state index in [-0.39, 0.29) is 86.7 Å². The van der Waals surface area contributed by atoms with Gasteiger partial charge in [-0.15, -0.1) is 23.1 Å². The summed E-state index contributed by atoms with van der Waals surface area (Å²) >= 11 is 2.44. The highest BCUT2D eigenvalue weighted by Crippen LogP contribution is 2.30. The highest BCUT2D eigenvalue weighted by atomic mass is 32.2. The van der Waals surface area contributed by atoms with Crippen LogP contribution >= 0.6 is 23.1 Å². The third-order valence-corrected chi connectivity index (χ3v) is 17.2. The number of methoxy groups -OCH3 is 2. The lowest BCUT2D eigenvalue weighted by Crippen LogP contribution is -2.55. The fraction of sp³-hybridized carbons (Fsp3) is 0.759. The van der Waals surface area contributed by atoms with Crippen LogP contribution < -0.4 is 32.9 Å². The third-order valence-electron chi connectivity index (χ3n) is 15.1. The molecular formula is C54H91N11O14S2. The minimum Gasteiger partial charge on any atom is -0.379 e. The summed E-state index contributed by atoms with van der Waals surface area (Å²) in [5, 5.41) is 12.8. The Labute approximate surface area is 485 Å². The van der Waals surface area contributed by atoms with Crippen LogP contribution in [0.2, 0.25) is 0 Å². The van der Waals surface area contributed by atoms with E-state index in [9.17, 15) is 47.9 Å². The van der Waals surface area contributed by atoms with Gasteiger partial charge in [0, 0.05) is 90.1 Å². The molecule has 81 heavy (non-hydrogen) atoms. The Kier molecular flexibility index (Phi) is 28.6. The largest absolute Gasteiger partial charge is 0.379 e. The molecule has 3 rings (SSSR count). The molecule has 2 aliphatic heterocycles. The molecule has 1 aromatic heterocycles. The maximum atomic E-state index is 14.2. The fourth-order valence-electron chi connectivity index (χ4n) is 10.2. The predicted octanol–water partition coefficient (Wildman–Crippen LogP) is 1.25. The average molecular weight is 1180 g/mol. The molecule has 2 saturated heterocycles. The molecule has 0 aromatic carbocycles. The molecule has 2 aliphatic rings. The molecule has 3 heterocycles. The molecule has 0 saturated carbocycles. The zero-order valence-corrected chi connectivity index (χ0v) is 51.3. The Morgan fingerprint density at radius 2 is 1.62 bits per heavy atom. The number of thioether (sulfide) groups is 1. The molecule has 458 valence electrons. The van der Waals surface area contributed by atoms with Gasteiger partial charge in [-0.25, -0.2) is 10.9 Å². The lowest BCUT2D eigenvalue weighted by molar-refractivity contribution is -0.146. The van der Waals surface area contributed by atoms with Crippen molar-refractivity contribution in [1.82, 2.24) is 45.9 Å². The third kappa shape index (κ3) is 21.4. The summed E-state index contributed by atoms with van der Waals surface area (Å²) in [4.78, 5) is 146. The molecule has 0 aliphatic carbocycles. The monoisotopic (exact) mass is 1180 g/mol. The van der Waals surface area contributed by atoms with Crippen LogP contribution in [0.4, 0.5) is 0 Å². The number of hydrogen-bond donors (Lipinski definition) is 6. The van der Waals surface area contributed by atoms with Gasteiger partial charge in [0.1, 0.15) is 23.7 Å². The van der Waals surface area contributed by atoms with Gasteiger partial charge in [0.2, 0.25) is 59.1 Å². The molecule has 27 heteroatoms. The van der Waals surface area contributed by atoms with Crippen LogP contribution in [0.3, 0.4) is 0 Å². The van der Waals surface area contributed by atoms with Crippen molar-refractivity contribution in [3.05, 3.63) is 16.6 Å². The summed E-state index contributed by atoms with van der Waals surface area (Å²) in [6, 6.07) is -2.93. The number of primary amides is 1. The first-order valence-corrected chi connectivity index (χ1v) is 29.6. The number of likely N-dealkylation sites (tertiary alicyclic amines) is 2. The normalized spacial score (nSPS) is 18.4. The number of ether oxygens (including phenoxy) is 3. The van der Waals surface area contributed by atoms with E-state index in [0.717, 1.165) is 28.1 Å². The zero-order valence-electron chi connectivity index (χ0n) is 49.7. The van der Waals surface area contributed by atoms with Crippen molar-refractivity contribution < 1.29 is 67.0 Å². The van der Waals surface area contributed by atoms with Gasteiger partial charge in [-0.3, -0.25) is 57.7 Å². The predicted molar refractivity (Wildman–Crippen MR) is 304 cm³/mol. The lowest BCUT2D eigenvalue weighted by atomic mass is 9.90. The number of aromatic nitrogens is 1. The van der Waals surface area contributed by atoms with Gasteiger partial charge < -0.3 is 55.9 Å². The van der Waals surface area contributed by atoms with Crippen LogP contribution in [0.25, 0.3) is 0 Å². The smallest absolute Gasteiger partial charge is 0.248 e. The van der Waals surface area contributed by atoms with Crippen LogP contribution in [0, 0.1) is 17.8 Å². The highest BCUT2D eigenvalue weighted by Gasteiger charge is 2.43. The first-order chi connectivity index (χ1) is 38.0. The quantitative estimate of drug-likeness (QED) is 0.0407. The summed E-state index contributed by atoms with van der Waals surface area (Å²) in [5.74, 6) is -0.675. The maximum Gasteiger partial charge on any atom is 0.248 e. The van der Waals surface area contributed by atoms with Gasteiger partial charge in [0.25, 0.3) is 0 Å². The van der Waals surface area contributed by atoms with Crippen molar-refractivity contribution in [1.29, 1.82) is 0 Å². The van der Waals surface area contributed by atoms with Gasteiger partial charge >= 0.3 is 0 Å². The minimum atomic E-state index is -1.13. The molecule has 25 nitrogen and oxygen atoms in total. The van der Waals surface area contributed by atoms with Gasteiger partial charge in [-0.2, -0.15) is 0 Å². The summed E-state index contributed by atoms with van der Waals surface area (Å²) in [6.45, 7) is 16.6. The standard InChI is InChI=1S/C54H91N11O14S2/c1-14-33(4)47(37(76-12)26-43(69)64-22-15-16-36(64)48(77-13)34(5)50(73)58-28-41-57-21-25-80-41)63(11)45(71)29-59-51(74)46(32(2)3)62(10)42(68)17-19-54(8,9)78-24-20-53(6,7)61-39(66)18-23-65-44(70)27-38(52(65)75)81-31-35(49(55)72)60-40(67)30-79-56/h21,25,32-38,46-48H,14-20,22-24,26-31,56H2,1-13H3,(H2,55,72)(H,58,73)(H,59,74)(H,60,67)(H,61,66). The Morgan fingerprint density at radius 1 is 0.926 bits per heavy atom. The number of nitrogens with zero attached hydrogens (tertiary/aromatic N) is 5. The van der Waals surface area contributed by atoms with E-state index in [4.69, 9.17) is 25.8 Å². The second-order valence-electron chi connectivity index (χ2n) is 22.5. The molecule has 2 fully saturated rings. The number of thiazole rings is 1. The summed E-state index contributed by atoms with van der Waals surface area (Å²) in [5.41, 5.74) is 3.84. The molecule has 8 N–H and O–H groups in total. The lowest BCUT2D eigenvalue weighted by Gasteiger charge is -2.39. The zero-order chi connectivity index (χ0) is 60.9. The van der Waals surface area contributed by atoms with E-state index < -0.39 is 101 Å². The van der Waals surface area contributed by atoms with Crippen LogP contribution in [0.5, 0.6) is 0 Å². The Balaban J connectivity index is 1.50. The summed E-state index contributed by atoms with van der Waals surface area (Å²) in [7, 11) is 6.24. The molecule has 9 unspecified atom stereocenters. The number of amides is 10. The van der Waals surface area contributed by atoms with E-state index in [2.05, 4.69) is 31.1 Å². The topological polar surface area (TPSA) is 334 Å². The molecule has 9 atom stereocenters. The summed E-state index contributed by atoms with van der Waals surface area (Å²) < 4.78 is 18.1. The Hall–Kier alpha value is -5.32. The van der Waals surface area contributed by atoms with Gasteiger partial charge in [-0.05, 0) is 65.2 Å². The van der Waals surface area contributed by atoms with Crippen LogP contribution in [0.15, 0.2) is 11.6 Å². The van der Waals surface area contributed by atoms with E-state index in [0.29, 0.717) is 38.8 Å². The molecular weight excluding hydrogens is 1090 g/mol. The SMILES string of the molecule is CCC(C)C(C(CC(=O)N1CCCC1C(OC)C(C)C(=O)NCc1nccs1)OC)N(C)C(=O)CNC(=O)C(C(C)C)N(C)C(=O)CCC(C)(C)OCCC(C)(C)NC(=O)CCN1C(=O)CC(SCC(NC(=O)CON)C(N)=O)C1=O. The number of imide groups is 1. The van der Waals surface area contributed by atoms with E-state index in [1.807, 2.05) is 46.9 Å². The first-order valence-electron chi connectivity index (χ1n) is 27.6. The average Bonchev–Trinajstić information content (AvgIpc) is 4.19. The minimum absolute atomic E-state index is 0.0322. The first kappa shape index (κ1) is 69.9. The van der Waals surface area contributed by atoms with Gasteiger partial charge in [0.05, 0.1) is 60.6 Å². The van der Waals surface area contributed by atoms with Crippen molar-refractivity contribution in [2.75, 3.05) is 66.9 Å². The van der Waals surface area contributed by atoms with E-state index >= 15 is 0 Å². The number of carbonyl (C=O) groups is 10. The van der Waals surface area contributed by atoms with Crippen molar-refractivity contribution in [2.45, 2.75) is 179 Å². The van der Waals surface area contributed by atoms with Crippen LogP contribution in [0.1, 0.15) is 125 Å². The second-order valence-corrected chi connectivity index (χ2v) is 24.7. The maximum absolute atomic E-state index is 14.2. The molecule has 1 aromatic rings. The van der Waals surface area contributed by atoms with Crippen molar-refractivity contribution >= 4 is 82.2 Å². The number of likely N-dealkylation sites (N-methyl/N-ethyl adjacent to an activating group) is 2. The molecule has 0 bridgehead atoms. The Bertz CT molecular complexity index is 2290.